The van der Waals surface area contributed by atoms with Crippen molar-refractivity contribution in [1.82, 2.24) is 14.7 Å². The van der Waals surface area contributed by atoms with E-state index < -0.39 is 23.2 Å². The molecule has 1 N–H and O–H groups in total. The standard InChI is InChI=1S/C25H25FN4O3/c1-5-28(6-2)22-21(23(31)29(25(22)33)19-9-7-8-15(3)14-19)20-16(4)27-30(24(20)32)18-12-10-17(26)11-13-18/h7-14,27H,5-6H2,1-4H3. The third-order valence-corrected chi connectivity index (χ3v) is 5.81. The van der Waals surface area contributed by atoms with Gasteiger partial charge >= 0.3 is 0 Å². The summed E-state index contributed by atoms with van der Waals surface area (Å²) in [6.07, 6.45) is 0. The maximum atomic E-state index is 13.7. The van der Waals surface area contributed by atoms with E-state index in [2.05, 4.69) is 5.10 Å². The number of halogens is 1. The predicted molar refractivity (Wildman–Crippen MR) is 125 cm³/mol. The van der Waals surface area contributed by atoms with Crippen molar-refractivity contribution in [1.29, 1.82) is 0 Å². The Hall–Kier alpha value is -3.94. The van der Waals surface area contributed by atoms with Gasteiger partial charge in [0, 0.05) is 18.8 Å². The number of benzene rings is 2. The quantitative estimate of drug-likeness (QED) is 0.585. The van der Waals surface area contributed by atoms with Crippen molar-refractivity contribution < 1.29 is 14.0 Å². The number of aromatic amines is 1. The molecule has 0 spiro atoms. The van der Waals surface area contributed by atoms with Gasteiger partial charge in [0.1, 0.15) is 11.5 Å². The first-order valence-corrected chi connectivity index (χ1v) is 10.8. The molecule has 33 heavy (non-hydrogen) atoms. The summed E-state index contributed by atoms with van der Waals surface area (Å²) < 4.78 is 14.6. The molecular formula is C25H25FN4O3. The first-order valence-electron chi connectivity index (χ1n) is 10.8. The second kappa shape index (κ2) is 8.54. The van der Waals surface area contributed by atoms with Crippen LogP contribution in [0.1, 0.15) is 30.7 Å². The number of likely N-dealkylation sites (N-methyl/N-ethyl adjacent to an activating group) is 1. The van der Waals surface area contributed by atoms with Gasteiger partial charge < -0.3 is 4.90 Å². The average Bonchev–Trinajstić information content (AvgIpc) is 3.21. The molecule has 0 saturated carbocycles. The fraction of sp³-hybridized carbons (Fsp3) is 0.240. The van der Waals surface area contributed by atoms with Crippen molar-refractivity contribution in [2.24, 2.45) is 0 Å². The van der Waals surface area contributed by atoms with Crippen LogP contribution < -0.4 is 10.5 Å². The molecule has 0 fully saturated rings. The number of hydrogen-bond acceptors (Lipinski definition) is 4. The van der Waals surface area contributed by atoms with Crippen LogP contribution in [0.15, 0.2) is 59.0 Å². The number of aryl methyl sites for hydroxylation is 2. The third-order valence-electron chi connectivity index (χ3n) is 5.81. The van der Waals surface area contributed by atoms with E-state index >= 15 is 0 Å². The average molecular weight is 448 g/mol. The third kappa shape index (κ3) is 3.67. The maximum Gasteiger partial charge on any atom is 0.282 e. The van der Waals surface area contributed by atoms with Gasteiger partial charge in [0.2, 0.25) is 0 Å². The number of anilines is 1. The van der Waals surface area contributed by atoms with Crippen molar-refractivity contribution in [3.05, 3.63) is 87.2 Å². The summed E-state index contributed by atoms with van der Waals surface area (Å²) in [5.74, 6) is -1.43. The molecule has 0 atom stereocenters. The lowest BCUT2D eigenvalue weighted by molar-refractivity contribution is -0.120. The summed E-state index contributed by atoms with van der Waals surface area (Å²) in [5, 5.41) is 2.97. The number of amides is 2. The summed E-state index contributed by atoms with van der Waals surface area (Å²) >= 11 is 0. The maximum absolute atomic E-state index is 13.7. The van der Waals surface area contributed by atoms with Crippen LogP contribution in [0.2, 0.25) is 0 Å². The van der Waals surface area contributed by atoms with E-state index in [1.807, 2.05) is 26.8 Å². The number of carbonyl (C=O) groups excluding carboxylic acids is 2. The van der Waals surface area contributed by atoms with Crippen molar-refractivity contribution in [2.75, 3.05) is 18.0 Å². The van der Waals surface area contributed by atoms with E-state index in [1.54, 1.807) is 30.0 Å². The molecule has 0 unspecified atom stereocenters. The SMILES string of the molecule is CCN(CC)C1=C(c2c(C)[nH]n(-c3ccc(F)cc3)c2=O)C(=O)N(c2cccc(C)c2)C1=O. The molecular weight excluding hydrogens is 423 g/mol. The van der Waals surface area contributed by atoms with Crippen LogP contribution in [0.3, 0.4) is 0 Å². The van der Waals surface area contributed by atoms with E-state index in [-0.39, 0.29) is 16.8 Å². The summed E-state index contributed by atoms with van der Waals surface area (Å²) in [6.45, 7) is 8.32. The summed E-state index contributed by atoms with van der Waals surface area (Å²) in [4.78, 5) is 43.6. The van der Waals surface area contributed by atoms with Gasteiger partial charge in [-0.2, -0.15) is 0 Å². The van der Waals surface area contributed by atoms with Crippen LogP contribution in [0.25, 0.3) is 11.3 Å². The van der Waals surface area contributed by atoms with E-state index in [0.717, 1.165) is 10.5 Å². The first kappa shape index (κ1) is 22.3. The Bertz CT molecular complexity index is 1330. The van der Waals surface area contributed by atoms with E-state index in [9.17, 15) is 18.8 Å². The fourth-order valence-electron chi connectivity index (χ4n) is 4.19. The minimum Gasteiger partial charge on any atom is -0.367 e. The number of aromatic nitrogens is 2. The fourth-order valence-corrected chi connectivity index (χ4v) is 4.19. The van der Waals surface area contributed by atoms with Crippen LogP contribution >= 0.6 is 0 Å². The zero-order valence-corrected chi connectivity index (χ0v) is 19.0. The Morgan fingerprint density at radius 3 is 2.18 bits per heavy atom. The first-order chi connectivity index (χ1) is 15.8. The number of H-pyrrole nitrogens is 1. The Balaban J connectivity index is 1.93. The second-order valence-electron chi connectivity index (χ2n) is 7.91. The molecule has 1 aromatic heterocycles. The molecule has 1 aliphatic rings. The van der Waals surface area contributed by atoms with Crippen molar-refractivity contribution in [2.45, 2.75) is 27.7 Å². The topological polar surface area (TPSA) is 78.4 Å². The van der Waals surface area contributed by atoms with Crippen molar-refractivity contribution in [3.63, 3.8) is 0 Å². The van der Waals surface area contributed by atoms with Crippen LogP contribution in [0, 0.1) is 19.7 Å². The highest BCUT2D eigenvalue weighted by atomic mass is 19.1. The zero-order valence-electron chi connectivity index (χ0n) is 19.0. The van der Waals surface area contributed by atoms with Gasteiger partial charge in [-0.3, -0.25) is 19.5 Å². The monoisotopic (exact) mass is 448 g/mol. The van der Waals surface area contributed by atoms with Gasteiger partial charge in [0.05, 0.1) is 22.5 Å². The molecule has 7 nitrogen and oxygen atoms in total. The molecule has 1 aliphatic heterocycles. The largest absolute Gasteiger partial charge is 0.367 e. The highest BCUT2D eigenvalue weighted by molar-refractivity contribution is 6.45. The van der Waals surface area contributed by atoms with Crippen molar-refractivity contribution >= 4 is 23.1 Å². The van der Waals surface area contributed by atoms with Crippen LogP contribution in [0.5, 0.6) is 0 Å². The molecule has 0 radical (unpaired) electrons. The predicted octanol–water partition coefficient (Wildman–Crippen LogP) is 3.55. The highest BCUT2D eigenvalue weighted by Gasteiger charge is 2.44. The lowest BCUT2D eigenvalue weighted by atomic mass is 10.0. The van der Waals surface area contributed by atoms with E-state index in [1.165, 1.54) is 28.9 Å². The Morgan fingerprint density at radius 1 is 0.909 bits per heavy atom. The van der Waals surface area contributed by atoms with E-state index in [4.69, 9.17) is 0 Å². The highest BCUT2D eigenvalue weighted by Crippen LogP contribution is 2.35. The van der Waals surface area contributed by atoms with Gasteiger partial charge in [0.15, 0.2) is 0 Å². The number of nitrogens with zero attached hydrogens (tertiary/aromatic N) is 3. The van der Waals surface area contributed by atoms with Gasteiger partial charge in [-0.1, -0.05) is 12.1 Å². The molecule has 2 aromatic carbocycles. The van der Waals surface area contributed by atoms with Crippen LogP contribution in [-0.2, 0) is 9.59 Å². The summed E-state index contributed by atoms with van der Waals surface area (Å²) in [7, 11) is 0. The molecule has 0 aliphatic carbocycles. The molecule has 0 saturated heterocycles. The van der Waals surface area contributed by atoms with Gasteiger partial charge in [-0.15, -0.1) is 0 Å². The Morgan fingerprint density at radius 2 is 1.58 bits per heavy atom. The van der Waals surface area contributed by atoms with Gasteiger partial charge in [0.25, 0.3) is 17.4 Å². The van der Waals surface area contributed by atoms with Gasteiger partial charge in [-0.25, -0.2) is 14.0 Å². The van der Waals surface area contributed by atoms with Gasteiger partial charge in [-0.05, 0) is 69.7 Å². The molecule has 4 rings (SSSR count). The Labute approximate surface area is 190 Å². The van der Waals surface area contributed by atoms with Crippen LogP contribution in [-0.4, -0.2) is 39.6 Å². The number of rotatable bonds is 6. The number of nitrogens with one attached hydrogen (secondary N) is 1. The van der Waals surface area contributed by atoms with E-state index in [0.29, 0.717) is 30.2 Å². The number of carbonyl (C=O) groups is 2. The lowest BCUT2D eigenvalue weighted by Gasteiger charge is -2.23. The van der Waals surface area contributed by atoms with Crippen LogP contribution in [0.4, 0.5) is 10.1 Å². The summed E-state index contributed by atoms with van der Waals surface area (Å²) in [5.41, 5.74) is 2.16. The minimum atomic E-state index is -0.544. The zero-order chi connectivity index (χ0) is 23.9. The molecule has 2 amide bonds. The molecule has 2 heterocycles. The number of imide groups is 1. The second-order valence-corrected chi connectivity index (χ2v) is 7.91. The summed E-state index contributed by atoms with van der Waals surface area (Å²) in [6, 6.07) is 12.6. The molecule has 3 aromatic rings. The number of hydrogen-bond donors (Lipinski definition) is 1. The lowest BCUT2D eigenvalue weighted by Crippen LogP contribution is -2.35. The normalized spacial score (nSPS) is 13.9. The Kier molecular flexibility index (Phi) is 5.76. The smallest absolute Gasteiger partial charge is 0.282 e. The van der Waals surface area contributed by atoms with Crippen molar-refractivity contribution in [3.8, 4) is 5.69 Å². The minimum absolute atomic E-state index is 0.0739. The molecule has 8 heteroatoms. The molecule has 0 bridgehead atoms. The molecule has 170 valence electrons.